The molecule has 0 amide bonds. The molecule has 1 N–H and O–H groups in total. The van der Waals surface area contributed by atoms with Gasteiger partial charge in [-0.1, -0.05) is 23.7 Å². The van der Waals surface area contributed by atoms with Gasteiger partial charge in [-0.15, -0.1) is 0 Å². The molecular formula is C15H17ClN2O2. The van der Waals surface area contributed by atoms with Gasteiger partial charge in [0.15, 0.2) is 5.75 Å². The van der Waals surface area contributed by atoms with Crippen molar-refractivity contribution in [2.24, 2.45) is 0 Å². The molecule has 1 aromatic heterocycles. The second-order valence-electron chi connectivity index (χ2n) is 5.01. The SMILES string of the molecule is CN(C)Cc1cc(=O)c(O)cn1Cc1ccc(Cl)cc1. The molecule has 1 heterocycles. The molecule has 0 atom stereocenters. The summed E-state index contributed by atoms with van der Waals surface area (Å²) in [4.78, 5) is 13.5. The zero-order valence-corrected chi connectivity index (χ0v) is 12.3. The van der Waals surface area contributed by atoms with Crippen LogP contribution < -0.4 is 5.43 Å². The first kappa shape index (κ1) is 14.6. The fourth-order valence-electron chi connectivity index (χ4n) is 2.00. The van der Waals surface area contributed by atoms with E-state index in [1.54, 1.807) is 0 Å². The Kier molecular flexibility index (Phi) is 4.47. The van der Waals surface area contributed by atoms with Gasteiger partial charge in [0.1, 0.15) is 0 Å². The molecular weight excluding hydrogens is 276 g/mol. The van der Waals surface area contributed by atoms with Crippen LogP contribution in [0, 0.1) is 0 Å². The third kappa shape index (κ3) is 3.62. The first-order valence-corrected chi connectivity index (χ1v) is 6.65. The summed E-state index contributed by atoms with van der Waals surface area (Å²) in [5.74, 6) is -0.235. The Hall–Kier alpha value is -1.78. The maximum absolute atomic E-state index is 11.6. The van der Waals surface area contributed by atoms with Crippen molar-refractivity contribution in [3.8, 4) is 5.75 Å². The lowest BCUT2D eigenvalue weighted by Crippen LogP contribution is -2.19. The second kappa shape index (κ2) is 6.11. The van der Waals surface area contributed by atoms with Gasteiger partial charge in [0.05, 0.1) is 6.20 Å². The Balaban J connectivity index is 2.36. The number of pyridine rings is 1. The van der Waals surface area contributed by atoms with Crippen LogP contribution in [0.5, 0.6) is 5.75 Å². The summed E-state index contributed by atoms with van der Waals surface area (Å²) in [7, 11) is 3.87. The summed E-state index contributed by atoms with van der Waals surface area (Å²) in [6, 6.07) is 8.98. The van der Waals surface area contributed by atoms with E-state index < -0.39 is 0 Å². The Labute approximate surface area is 122 Å². The van der Waals surface area contributed by atoms with Crippen LogP contribution in [0.4, 0.5) is 0 Å². The second-order valence-corrected chi connectivity index (χ2v) is 5.44. The number of halogens is 1. The van der Waals surface area contributed by atoms with E-state index in [0.717, 1.165) is 11.3 Å². The Bertz CT molecular complexity index is 648. The normalized spacial score (nSPS) is 11.0. The number of hydrogen-bond acceptors (Lipinski definition) is 3. The van der Waals surface area contributed by atoms with Crippen LogP contribution in [-0.2, 0) is 13.1 Å². The number of aromatic nitrogens is 1. The van der Waals surface area contributed by atoms with Gasteiger partial charge < -0.3 is 14.6 Å². The highest BCUT2D eigenvalue weighted by Gasteiger charge is 2.07. The van der Waals surface area contributed by atoms with Crippen molar-refractivity contribution in [2.45, 2.75) is 13.1 Å². The minimum Gasteiger partial charge on any atom is -0.503 e. The van der Waals surface area contributed by atoms with Crippen LogP contribution in [0.2, 0.25) is 5.02 Å². The van der Waals surface area contributed by atoms with Crippen LogP contribution in [0.1, 0.15) is 11.3 Å². The molecule has 0 fully saturated rings. The minimum absolute atomic E-state index is 0.235. The zero-order valence-electron chi connectivity index (χ0n) is 11.5. The summed E-state index contributed by atoms with van der Waals surface area (Å²) in [5.41, 5.74) is 1.56. The quantitative estimate of drug-likeness (QED) is 0.941. The molecule has 0 aliphatic carbocycles. The van der Waals surface area contributed by atoms with Crippen molar-refractivity contribution < 1.29 is 5.11 Å². The molecule has 4 nitrogen and oxygen atoms in total. The Morgan fingerprint density at radius 3 is 2.50 bits per heavy atom. The molecule has 2 aromatic rings. The molecule has 5 heteroatoms. The number of benzene rings is 1. The Morgan fingerprint density at radius 2 is 1.90 bits per heavy atom. The van der Waals surface area contributed by atoms with Gasteiger partial charge in [-0.05, 0) is 31.8 Å². The van der Waals surface area contributed by atoms with E-state index >= 15 is 0 Å². The van der Waals surface area contributed by atoms with Crippen molar-refractivity contribution in [3.63, 3.8) is 0 Å². The van der Waals surface area contributed by atoms with Crippen molar-refractivity contribution in [1.82, 2.24) is 9.47 Å². The minimum atomic E-state index is -0.353. The molecule has 0 aliphatic rings. The van der Waals surface area contributed by atoms with Gasteiger partial charge >= 0.3 is 0 Å². The average Bonchev–Trinajstić information content (AvgIpc) is 2.37. The first-order valence-electron chi connectivity index (χ1n) is 6.27. The van der Waals surface area contributed by atoms with Crippen LogP contribution >= 0.6 is 11.6 Å². The highest BCUT2D eigenvalue weighted by molar-refractivity contribution is 6.30. The van der Waals surface area contributed by atoms with Crippen molar-refractivity contribution in [1.29, 1.82) is 0 Å². The van der Waals surface area contributed by atoms with Crippen LogP contribution in [-0.4, -0.2) is 28.7 Å². The summed E-state index contributed by atoms with van der Waals surface area (Å²) < 4.78 is 1.87. The molecule has 2 rings (SSSR count). The van der Waals surface area contributed by atoms with Crippen LogP contribution in [0.15, 0.2) is 41.3 Å². The molecule has 0 saturated heterocycles. The summed E-state index contributed by atoms with van der Waals surface area (Å²) >= 11 is 5.87. The third-order valence-electron chi connectivity index (χ3n) is 2.94. The smallest absolute Gasteiger partial charge is 0.223 e. The molecule has 0 aliphatic heterocycles. The summed E-state index contributed by atoms with van der Waals surface area (Å²) in [6.07, 6.45) is 1.48. The van der Waals surface area contributed by atoms with Gasteiger partial charge in [0.25, 0.3) is 0 Å². The first-order chi connectivity index (χ1) is 9.45. The van der Waals surface area contributed by atoms with E-state index in [4.69, 9.17) is 11.6 Å². The van der Waals surface area contributed by atoms with Gasteiger partial charge in [0, 0.05) is 29.9 Å². The molecule has 0 radical (unpaired) electrons. The van der Waals surface area contributed by atoms with Gasteiger partial charge in [-0.2, -0.15) is 0 Å². The van der Waals surface area contributed by atoms with Crippen LogP contribution in [0.3, 0.4) is 0 Å². The molecule has 20 heavy (non-hydrogen) atoms. The number of aromatic hydroxyl groups is 1. The van der Waals surface area contributed by atoms with Crippen molar-refractivity contribution in [3.05, 3.63) is 63.0 Å². The maximum atomic E-state index is 11.6. The Morgan fingerprint density at radius 1 is 1.25 bits per heavy atom. The lowest BCUT2D eigenvalue weighted by atomic mass is 10.2. The standard InChI is InChI=1S/C15H17ClN2O2/c1-17(2)9-13-7-14(19)15(20)10-18(13)8-11-3-5-12(16)6-4-11/h3-7,10,20H,8-9H2,1-2H3. The molecule has 0 bridgehead atoms. The van der Waals surface area contributed by atoms with Crippen molar-refractivity contribution in [2.75, 3.05) is 14.1 Å². The van der Waals surface area contributed by atoms with E-state index in [1.165, 1.54) is 12.3 Å². The number of nitrogens with zero attached hydrogens (tertiary/aromatic N) is 2. The molecule has 0 saturated carbocycles. The molecule has 0 spiro atoms. The largest absolute Gasteiger partial charge is 0.503 e. The van der Waals surface area contributed by atoms with E-state index in [1.807, 2.05) is 47.8 Å². The lowest BCUT2D eigenvalue weighted by molar-refractivity contribution is 0.384. The van der Waals surface area contributed by atoms with Crippen molar-refractivity contribution >= 4 is 11.6 Å². The monoisotopic (exact) mass is 292 g/mol. The summed E-state index contributed by atoms with van der Waals surface area (Å²) in [6.45, 7) is 1.21. The number of hydrogen-bond donors (Lipinski definition) is 1. The van der Waals surface area contributed by atoms with Gasteiger partial charge in [-0.25, -0.2) is 0 Å². The topological polar surface area (TPSA) is 45.5 Å². The fraction of sp³-hybridized carbons (Fsp3) is 0.267. The highest BCUT2D eigenvalue weighted by Crippen LogP contribution is 2.13. The predicted molar refractivity (Wildman–Crippen MR) is 80.3 cm³/mol. The van der Waals surface area contributed by atoms with E-state index in [2.05, 4.69) is 0 Å². The van der Waals surface area contributed by atoms with E-state index in [9.17, 15) is 9.90 Å². The number of rotatable bonds is 4. The average molecular weight is 293 g/mol. The van der Waals surface area contributed by atoms with Gasteiger partial charge in [0.2, 0.25) is 5.43 Å². The molecule has 0 unspecified atom stereocenters. The fourth-order valence-corrected chi connectivity index (χ4v) is 2.12. The molecule has 1 aromatic carbocycles. The summed E-state index contributed by atoms with van der Waals surface area (Å²) in [5, 5.41) is 10.3. The third-order valence-corrected chi connectivity index (χ3v) is 3.19. The zero-order chi connectivity index (χ0) is 14.7. The maximum Gasteiger partial charge on any atom is 0.223 e. The van der Waals surface area contributed by atoms with E-state index in [-0.39, 0.29) is 11.2 Å². The highest BCUT2D eigenvalue weighted by atomic mass is 35.5. The lowest BCUT2D eigenvalue weighted by Gasteiger charge is -2.17. The van der Waals surface area contributed by atoms with Gasteiger partial charge in [-0.3, -0.25) is 4.79 Å². The van der Waals surface area contributed by atoms with E-state index in [0.29, 0.717) is 18.1 Å². The molecule has 106 valence electrons. The predicted octanol–water partition coefficient (Wildman–Crippen LogP) is 2.32. The van der Waals surface area contributed by atoms with Crippen LogP contribution in [0.25, 0.3) is 0 Å².